The van der Waals surface area contributed by atoms with Crippen LogP contribution in [0.25, 0.3) is 11.3 Å². The number of nitriles is 1. The van der Waals surface area contributed by atoms with Crippen LogP contribution in [0.1, 0.15) is 5.56 Å². The first-order valence-corrected chi connectivity index (χ1v) is 5.19. The Bertz CT molecular complexity index is 612. The van der Waals surface area contributed by atoms with Gasteiger partial charge in [-0.2, -0.15) is 5.26 Å². The molecule has 0 aliphatic carbocycles. The lowest BCUT2D eigenvalue weighted by Crippen LogP contribution is -1.98. The van der Waals surface area contributed by atoms with Crippen LogP contribution in [0.15, 0.2) is 30.3 Å². The molecule has 0 amide bonds. The Hall–Kier alpha value is -2.48. The summed E-state index contributed by atoms with van der Waals surface area (Å²) < 4.78 is 26.2. The van der Waals surface area contributed by atoms with E-state index in [0.717, 1.165) is 6.07 Å². The lowest BCUT2D eigenvalue weighted by Gasteiger charge is -2.06. The van der Waals surface area contributed by atoms with Gasteiger partial charge in [-0.1, -0.05) is 0 Å². The lowest BCUT2D eigenvalue weighted by atomic mass is 10.1. The number of halogens is 2. The van der Waals surface area contributed by atoms with Crippen molar-refractivity contribution in [3.8, 4) is 17.3 Å². The summed E-state index contributed by atoms with van der Waals surface area (Å²) in [7, 11) is 1.62. The zero-order valence-electron chi connectivity index (χ0n) is 9.54. The molecule has 18 heavy (non-hydrogen) atoms. The summed E-state index contributed by atoms with van der Waals surface area (Å²) in [5, 5.41) is 11.6. The van der Waals surface area contributed by atoms with Gasteiger partial charge in [-0.15, -0.1) is 0 Å². The van der Waals surface area contributed by atoms with E-state index in [0.29, 0.717) is 22.6 Å². The number of hydrogen-bond donors (Lipinski definition) is 1. The van der Waals surface area contributed by atoms with Crippen molar-refractivity contribution in [2.45, 2.75) is 0 Å². The normalized spacial score (nSPS) is 9.89. The summed E-state index contributed by atoms with van der Waals surface area (Å²) >= 11 is 0. The molecular formula is C13H9F2N3. The van der Waals surface area contributed by atoms with Crippen LogP contribution in [0.2, 0.25) is 0 Å². The maximum absolute atomic E-state index is 13.1. The summed E-state index contributed by atoms with van der Waals surface area (Å²) in [6, 6.07) is 8.26. The lowest BCUT2D eigenvalue weighted by molar-refractivity contribution is 0.584. The Kier molecular flexibility index (Phi) is 3.20. The van der Waals surface area contributed by atoms with Crippen LogP contribution in [-0.2, 0) is 0 Å². The van der Waals surface area contributed by atoms with E-state index in [2.05, 4.69) is 10.3 Å². The van der Waals surface area contributed by atoms with Gasteiger partial charge >= 0.3 is 0 Å². The van der Waals surface area contributed by atoms with Gasteiger partial charge in [-0.3, -0.25) is 0 Å². The molecule has 3 nitrogen and oxygen atoms in total. The van der Waals surface area contributed by atoms with Gasteiger partial charge in [0.25, 0.3) is 0 Å². The maximum atomic E-state index is 13.1. The molecule has 1 aromatic heterocycles. The van der Waals surface area contributed by atoms with Crippen molar-refractivity contribution >= 4 is 5.82 Å². The van der Waals surface area contributed by atoms with E-state index in [9.17, 15) is 8.78 Å². The highest BCUT2D eigenvalue weighted by Gasteiger charge is 2.08. The van der Waals surface area contributed by atoms with Gasteiger partial charge in [-0.05, 0) is 24.3 Å². The molecular weight excluding hydrogens is 236 g/mol. The highest BCUT2D eigenvalue weighted by molar-refractivity contribution is 5.64. The van der Waals surface area contributed by atoms with E-state index in [1.54, 1.807) is 19.2 Å². The molecule has 1 aromatic carbocycles. The third-order valence-electron chi connectivity index (χ3n) is 2.41. The average Bonchev–Trinajstić information content (AvgIpc) is 2.36. The second-order valence-corrected chi connectivity index (χ2v) is 3.61. The van der Waals surface area contributed by atoms with Crippen molar-refractivity contribution in [1.29, 1.82) is 5.26 Å². The van der Waals surface area contributed by atoms with E-state index in [-0.39, 0.29) is 0 Å². The van der Waals surface area contributed by atoms with Gasteiger partial charge < -0.3 is 5.32 Å². The van der Waals surface area contributed by atoms with Gasteiger partial charge in [0.2, 0.25) is 0 Å². The summed E-state index contributed by atoms with van der Waals surface area (Å²) in [4.78, 5) is 4.15. The van der Waals surface area contributed by atoms with E-state index >= 15 is 0 Å². The number of aromatic nitrogens is 1. The highest BCUT2D eigenvalue weighted by Crippen LogP contribution is 2.23. The van der Waals surface area contributed by atoms with Crippen LogP contribution in [0.4, 0.5) is 14.6 Å². The smallest absolute Gasteiger partial charge is 0.144 e. The Balaban J connectivity index is 2.54. The molecule has 2 rings (SSSR count). The number of anilines is 1. The van der Waals surface area contributed by atoms with Gasteiger partial charge in [0.1, 0.15) is 23.5 Å². The third-order valence-corrected chi connectivity index (χ3v) is 2.41. The van der Waals surface area contributed by atoms with E-state index in [1.165, 1.54) is 12.1 Å². The molecule has 0 spiro atoms. The molecule has 0 aliphatic heterocycles. The van der Waals surface area contributed by atoms with Crippen molar-refractivity contribution in [1.82, 2.24) is 4.98 Å². The quantitative estimate of drug-likeness (QED) is 0.884. The molecule has 0 unspecified atom stereocenters. The third kappa shape index (κ3) is 2.28. The van der Waals surface area contributed by atoms with Crippen LogP contribution in [0.3, 0.4) is 0 Å². The highest BCUT2D eigenvalue weighted by atomic mass is 19.1. The maximum Gasteiger partial charge on any atom is 0.144 e. The minimum atomic E-state index is -0.665. The molecule has 1 heterocycles. The Morgan fingerprint density at radius 1 is 1.17 bits per heavy atom. The van der Waals surface area contributed by atoms with Gasteiger partial charge in [0, 0.05) is 18.7 Å². The molecule has 0 aliphatic rings. The molecule has 1 N–H and O–H groups in total. The zero-order chi connectivity index (χ0) is 13.1. The van der Waals surface area contributed by atoms with Crippen LogP contribution < -0.4 is 5.32 Å². The number of rotatable bonds is 2. The van der Waals surface area contributed by atoms with E-state index in [4.69, 9.17) is 5.26 Å². The SMILES string of the molecule is CNc1nc(-c2cc(F)cc(F)c2)ccc1C#N. The second kappa shape index (κ2) is 4.80. The molecule has 0 saturated carbocycles. The number of nitrogens with zero attached hydrogens (tertiary/aromatic N) is 2. The van der Waals surface area contributed by atoms with Crippen molar-refractivity contribution in [2.75, 3.05) is 12.4 Å². The van der Waals surface area contributed by atoms with E-state index in [1.807, 2.05) is 6.07 Å². The molecule has 0 bridgehead atoms. The van der Waals surface area contributed by atoms with Crippen LogP contribution in [0, 0.1) is 23.0 Å². The Labute approximate surface area is 103 Å². The van der Waals surface area contributed by atoms with Gasteiger partial charge in [0.15, 0.2) is 0 Å². The predicted octanol–water partition coefficient (Wildman–Crippen LogP) is 2.94. The fourth-order valence-corrected chi connectivity index (χ4v) is 1.60. The van der Waals surface area contributed by atoms with Gasteiger partial charge in [-0.25, -0.2) is 13.8 Å². The summed E-state index contributed by atoms with van der Waals surface area (Å²) in [5.41, 5.74) is 1.10. The van der Waals surface area contributed by atoms with Crippen LogP contribution in [-0.4, -0.2) is 12.0 Å². The van der Waals surface area contributed by atoms with Crippen molar-refractivity contribution in [2.24, 2.45) is 0 Å². The monoisotopic (exact) mass is 245 g/mol. The summed E-state index contributed by atoms with van der Waals surface area (Å²) in [5.74, 6) is -0.955. The summed E-state index contributed by atoms with van der Waals surface area (Å²) in [6.07, 6.45) is 0. The largest absolute Gasteiger partial charge is 0.372 e. The number of pyridine rings is 1. The minimum absolute atomic E-state index is 0.327. The fraction of sp³-hybridized carbons (Fsp3) is 0.0769. The van der Waals surface area contributed by atoms with Crippen molar-refractivity contribution in [3.63, 3.8) is 0 Å². The molecule has 5 heteroatoms. The first kappa shape index (κ1) is 12.0. The number of nitrogens with one attached hydrogen (secondary N) is 1. The summed E-state index contributed by atoms with van der Waals surface area (Å²) in [6.45, 7) is 0. The van der Waals surface area contributed by atoms with Crippen molar-refractivity contribution in [3.05, 3.63) is 47.5 Å². The molecule has 2 aromatic rings. The number of benzene rings is 1. The van der Waals surface area contributed by atoms with Crippen LogP contribution >= 0.6 is 0 Å². The predicted molar refractivity (Wildman–Crippen MR) is 63.9 cm³/mol. The average molecular weight is 245 g/mol. The molecule has 0 saturated heterocycles. The Morgan fingerprint density at radius 2 is 1.83 bits per heavy atom. The topological polar surface area (TPSA) is 48.7 Å². The number of hydrogen-bond acceptors (Lipinski definition) is 3. The minimum Gasteiger partial charge on any atom is -0.372 e. The molecule has 0 fully saturated rings. The fourth-order valence-electron chi connectivity index (χ4n) is 1.60. The van der Waals surface area contributed by atoms with Crippen LogP contribution in [0.5, 0.6) is 0 Å². The second-order valence-electron chi connectivity index (χ2n) is 3.61. The van der Waals surface area contributed by atoms with E-state index < -0.39 is 11.6 Å². The first-order chi connectivity index (χ1) is 8.63. The molecule has 90 valence electrons. The Morgan fingerprint density at radius 3 is 2.39 bits per heavy atom. The van der Waals surface area contributed by atoms with Crippen molar-refractivity contribution < 1.29 is 8.78 Å². The zero-order valence-corrected chi connectivity index (χ0v) is 9.54. The standard InChI is InChI=1S/C13H9F2N3/c1-17-13-8(7-16)2-3-12(18-13)9-4-10(14)6-11(15)5-9/h2-6H,1H3,(H,17,18). The molecule has 0 atom stereocenters. The van der Waals surface area contributed by atoms with Gasteiger partial charge in [0.05, 0.1) is 11.3 Å². The first-order valence-electron chi connectivity index (χ1n) is 5.19. The molecule has 0 radical (unpaired) electrons.